The van der Waals surface area contributed by atoms with Gasteiger partial charge in [0.1, 0.15) is 5.82 Å². The van der Waals surface area contributed by atoms with Crippen LogP contribution in [-0.4, -0.2) is 22.6 Å². The molecular formula is C14H16ClFN2O3. The molecule has 7 heteroatoms. The number of hydrogen-bond acceptors (Lipinski definition) is 2. The number of carbonyl (C=O) groups is 2. The monoisotopic (exact) mass is 314 g/mol. The van der Waals surface area contributed by atoms with Crippen molar-refractivity contribution in [2.75, 3.05) is 5.32 Å². The van der Waals surface area contributed by atoms with Crippen LogP contribution in [0.5, 0.6) is 0 Å². The summed E-state index contributed by atoms with van der Waals surface area (Å²) in [5.41, 5.74) is -0.590. The van der Waals surface area contributed by atoms with Gasteiger partial charge in [-0.1, -0.05) is 24.4 Å². The molecule has 114 valence electrons. The molecule has 0 saturated heterocycles. The van der Waals surface area contributed by atoms with Crippen molar-refractivity contribution < 1.29 is 19.1 Å². The number of amides is 2. The first kappa shape index (κ1) is 15.6. The summed E-state index contributed by atoms with van der Waals surface area (Å²) in [6.45, 7) is 0. The van der Waals surface area contributed by atoms with Crippen molar-refractivity contribution in [2.24, 2.45) is 0 Å². The molecule has 1 aromatic rings. The summed E-state index contributed by atoms with van der Waals surface area (Å²) in [6, 6.07) is 3.06. The number of rotatable bonds is 4. The van der Waals surface area contributed by atoms with Crippen LogP contribution in [0, 0.1) is 5.82 Å². The van der Waals surface area contributed by atoms with Crippen LogP contribution < -0.4 is 10.6 Å². The number of carboxylic acid groups (broad SMARTS) is 1. The minimum atomic E-state index is -0.957. The van der Waals surface area contributed by atoms with Crippen LogP contribution in [0.15, 0.2) is 18.2 Å². The molecule has 1 aromatic carbocycles. The number of carboxylic acids is 1. The SMILES string of the molecule is O=C(O)CC1(NC(=O)Nc2cc(F)ccc2Cl)CCCC1. The molecule has 0 heterocycles. The van der Waals surface area contributed by atoms with Crippen LogP contribution in [-0.2, 0) is 4.79 Å². The zero-order valence-electron chi connectivity index (χ0n) is 11.3. The Morgan fingerprint density at radius 1 is 1.33 bits per heavy atom. The molecule has 2 amide bonds. The van der Waals surface area contributed by atoms with E-state index in [0.29, 0.717) is 12.8 Å². The lowest BCUT2D eigenvalue weighted by Crippen LogP contribution is -2.49. The molecule has 3 N–H and O–H groups in total. The van der Waals surface area contributed by atoms with Gasteiger partial charge < -0.3 is 15.7 Å². The standard InChI is InChI=1S/C14H16ClFN2O3/c15-10-4-3-9(16)7-11(10)17-13(21)18-14(8-12(19)20)5-1-2-6-14/h3-4,7H,1-2,5-6,8H2,(H,19,20)(H2,17,18,21). The predicted molar refractivity (Wildman–Crippen MR) is 77.0 cm³/mol. The lowest BCUT2D eigenvalue weighted by molar-refractivity contribution is -0.138. The summed E-state index contributed by atoms with van der Waals surface area (Å²) in [5.74, 6) is -1.48. The highest BCUT2D eigenvalue weighted by molar-refractivity contribution is 6.33. The minimum absolute atomic E-state index is 0.128. The fraction of sp³-hybridized carbons (Fsp3) is 0.429. The molecule has 0 aliphatic heterocycles. The first-order valence-corrected chi connectivity index (χ1v) is 7.04. The molecule has 1 saturated carbocycles. The van der Waals surface area contributed by atoms with Crippen molar-refractivity contribution in [3.63, 3.8) is 0 Å². The van der Waals surface area contributed by atoms with Gasteiger partial charge in [-0.15, -0.1) is 0 Å². The van der Waals surface area contributed by atoms with E-state index in [9.17, 15) is 14.0 Å². The van der Waals surface area contributed by atoms with Crippen LogP contribution in [0.3, 0.4) is 0 Å². The minimum Gasteiger partial charge on any atom is -0.481 e. The van der Waals surface area contributed by atoms with Gasteiger partial charge in [0, 0.05) is 0 Å². The van der Waals surface area contributed by atoms with E-state index in [4.69, 9.17) is 16.7 Å². The first-order chi connectivity index (χ1) is 9.90. The number of benzene rings is 1. The van der Waals surface area contributed by atoms with E-state index < -0.39 is 23.4 Å². The van der Waals surface area contributed by atoms with Crippen LogP contribution in [0.25, 0.3) is 0 Å². The van der Waals surface area contributed by atoms with E-state index in [-0.39, 0.29) is 17.1 Å². The molecule has 0 radical (unpaired) electrons. The molecule has 1 fully saturated rings. The lowest BCUT2D eigenvalue weighted by Gasteiger charge is -2.28. The fourth-order valence-electron chi connectivity index (χ4n) is 2.67. The van der Waals surface area contributed by atoms with E-state index in [1.165, 1.54) is 12.1 Å². The van der Waals surface area contributed by atoms with E-state index >= 15 is 0 Å². The Morgan fingerprint density at radius 3 is 2.62 bits per heavy atom. The predicted octanol–water partition coefficient (Wildman–Crippen LogP) is 3.39. The Morgan fingerprint density at radius 2 is 2.00 bits per heavy atom. The van der Waals surface area contributed by atoms with Gasteiger partial charge in [-0.05, 0) is 31.0 Å². The summed E-state index contributed by atoms with van der Waals surface area (Å²) in [4.78, 5) is 23.0. The van der Waals surface area contributed by atoms with Crippen LogP contribution in [0.1, 0.15) is 32.1 Å². The van der Waals surface area contributed by atoms with Crippen LogP contribution >= 0.6 is 11.6 Å². The van der Waals surface area contributed by atoms with Gasteiger partial charge in [-0.2, -0.15) is 0 Å². The quantitative estimate of drug-likeness (QED) is 0.797. The summed E-state index contributed by atoms with van der Waals surface area (Å²) in [5, 5.41) is 14.4. The van der Waals surface area contributed by atoms with Gasteiger partial charge in [-0.25, -0.2) is 9.18 Å². The molecule has 0 aromatic heterocycles. The third-order valence-electron chi connectivity index (χ3n) is 3.61. The van der Waals surface area contributed by atoms with E-state index in [1.807, 2.05) is 0 Å². The van der Waals surface area contributed by atoms with Crippen molar-refractivity contribution in [3.05, 3.63) is 29.0 Å². The van der Waals surface area contributed by atoms with E-state index in [0.717, 1.165) is 18.9 Å². The fourth-order valence-corrected chi connectivity index (χ4v) is 2.84. The number of anilines is 1. The molecule has 1 aliphatic carbocycles. The average molecular weight is 315 g/mol. The Labute approximate surface area is 126 Å². The highest BCUT2D eigenvalue weighted by Gasteiger charge is 2.37. The van der Waals surface area contributed by atoms with Gasteiger partial charge >= 0.3 is 12.0 Å². The van der Waals surface area contributed by atoms with Gasteiger partial charge in [0.15, 0.2) is 0 Å². The van der Waals surface area contributed by atoms with E-state index in [1.54, 1.807) is 0 Å². The molecule has 0 unspecified atom stereocenters. The molecule has 2 rings (SSSR count). The normalized spacial score (nSPS) is 16.5. The van der Waals surface area contributed by atoms with Crippen molar-refractivity contribution in [1.82, 2.24) is 5.32 Å². The van der Waals surface area contributed by atoms with Crippen LogP contribution in [0.4, 0.5) is 14.9 Å². The third kappa shape index (κ3) is 4.07. The summed E-state index contributed by atoms with van der Waals surface area (Å²) >= 11 is 5.87. The van der Waals surface area contributed by atoms with Crippen molar-refractivity contribution in [1.29, 1.82) is 0 Å². The Kier molecular flexibility index (Phi) is 4.67. The number of hydrogen-bond donors (Lipinski definition) is 3. The van der Waals surface area contributed by atoms with E-state index in [2.05, 4.69) is 10.6 Å². The molecule has 21 heavy (non-hydrogen) atoms. The maximum atomic E-state index is 13.1. The highest BCUT2D eigenvalue weighted by Crippen LogP contribution is 2.33. The van der Waals surface area contributed by atoms with Crippen LogP contribution in [0.2, 0.25) is 5.02 Å². The molecule has 0 bridgehead atoms. The van der Waals surface area contributed by atoms with Gasteiger partial charge in [0.2, 0.25) is 0 Å². The number of carbonyl (C=O) groups excluding carboxylic acids is 1. The second-order valence-electron chi connectivity index (χ2n) is 5.26. The smallest absolute Gasteiger partial charge is 0.319 e. The third-order valence-corrected chi connectivity index (χ3v) is 3.94. The largest absolute Gasteiger partial charge is 0.481 e. The first-order valence-electron chi connectivity index (χ1n) is 6.66. The second-order valence-corrected chi connectivity index (χ2v) is 5.67. The summed E-state index contributed by atoms with van der Waals surface area (Å²) in [7, 11) is 0. The van der Waals surface area contributed by atoms with Crippen molar-refractivity contribution in [3.8, 4) is 0 Å². The molecular weight excluding hydrogens is 299 g/mol. The maximum absolute atomic E-state index is 13.1. The topological polar surface area (TPSA) is 78.4 Å². The van der Waals surface area contributed by atoms with Crippen molar-refractivity contribution >= 4 is 29.3 Å². The summed E-state index contributed by atoms with van der Waals surface area (Å²) < 4.78 is 13.1. The molecule has 1 aliphatic rings. The zero-order valence-corrected chi connectivity index (χ0v) is 12.0. The number of aliphatic carboxylic acids is 1. The number of urea groups is 1. The zero-order chi connectivity index (χ0) is 15.5. The molecule has 0 atom stereocenters. The van der Waals surface area contributed by atoms with Gasteiger partial charge in [0.05, 0.1) is 22.7 Å². The van der Waals surface area contributed by atoms with Crippen molar-refractivity contribution in [2.45, 2.75) is 37.6 Å². The van der Waals surface area contributed by atoms with Gasteiger partial charge in [-0.3, -0.25) is 4.79 Å². The lowest BCUT2D eigenvalue weighted by atomic mass is 9.93. The number of halogens is 2. The van der Waals surface area contributed by atoms with Gasteiger partial charge in [0.25, 0.3) is 0 Å². The second kappa shape index (κ2) is 6.30. The maximum Gasteiger partial charge on any atom is 0.319 e. The molecule has 0 spiro atoms. The molecule has 5 nitrogen and oxygen atoms in total. The highest BCUT2D eigenvalue weighted by atomic mass is 35.5. The Bertz CT molecular complexity index is 559. The average Bonchev–Trinajstić information content (AvgIpc) is 2.80. The Hall–Kier alpha value is -1.82. The summed E-state index contributed by atoms with van der Waals surface area (Å²) in [6.07, 6.45) is 2.84. The Balaban J connectivity index is 2.06. The number of nitrogens with one attached hydrogen (secondary N) is 2.